The first-order chi connectivity index (χ1) is 13.7. The molecule has 4 atom stereocenters. The molecule has 146 valence electrons. The zero-order valence-corrected chi connectivity index (χ0v) is 16.0. The van der Waals surface area contributed by atoms with Gasteiger partial charge in [-0.3, -0.25) is 14.7 Å². The van der Waals surface area contributed by atoms with Gasteiger partial charge in [-0.15, -0.1) is 0 Å². The van der Waals surface area contributed by atoms with Gasteiger partial charge in [-0.2, -0.15) is 0 Å². The van der Waals surface area contributed by atoms with Gasteiger partial charge in [-0.05, 0) is 49.1 Å². The van der Waals surface area contributed by atoms with Crippen LogP contribution < -0.4 is 0 Å². The molecule has 3 fully saturated rings. The van der Waals surface area contributed by atoms with E-state index in [0.29, 0.717) is 23.9 Å². The summed E-state index contributed by atoms with van der Waals surface area (Å²) in [4.78, 5) is 21.3. The fraction of sp³-hybridized carbons (Fsp3) is 0.478. The van der Waals surface area contributed by atoms with Crippen LogP contribution in [0.2, 0.25) is 0 Å². The van der Waals surface area contributed by atoms with Crippen molar-refractivity contribution in [3.8, 4) is 0 Å². The molecule has 1 aromatic carbocycles. The van der Waals surface area contributed by atoms with Crippen LogP contribution in [0, 0.1) is 17.7 Å². The topological polar surface area (TPSA) is 36.4 Å². The lowest BCUT2D eigenvalue weighted by molar-refractivity contribution is -0.0512. The van der Waals surface area contributed by atoms with Gasteiger partial charge in [-0.1, -0.05) is 30.3 Å². The van der Waals surface area contributed by atoms with E-state index in [4.69, 9.17) is 0 Å². The van der Waals surface area contributed by atoms with Gasteiger partial charge in [0.25, 0.3) is 5.91 Å². The van der Waals surface area contributed by atoms with Crippen molar-refractivity contribution >= 4 is 5.91 Å². The van der Waals surface area contributed by atoms with Crippen LogP contribution in [-0.4, -0.2) is 46.4 Å². The zero-order valence-electron chi connectivity index (χ0n) is 16.0. The van der Waals surface area contributed by atoms with Crippen LogP contribution in [0.25, 0.3) is 0 Å². The Morgan fingerprint density at radius 1 is 1.07 bits per heavy atom. The summed E-state index contributed by atoms with van der Waals surface area (Å²) < 4.78 is 14.1. The summed E-state index contributed by atoms with van der Waals surface area (Å²) in [7, 11) is 0. The monoisotopic (exact) mass is 379 g/mol. The van der Waals surface area contributed by atoms with Gasteiger partial charge < -0.3 is 4.90 Å². The minimum absolute atomic E-state index is 0.151. The second-order valence-corrected chi connectivity index (χ2v) is 8.55. The predicted octanol–water partition coefficient (Wildman–Crippen LogP) is 3.91. The fourth-order valence-electron chi connectivity index (χ4n) is 5.73. The third-order valence-corrected chi connectivity index (χ3v) is 6.86. The average molecular weight is 379 g/mol. The molecular formula is C23H26FN3O. The first kappa shape index (κ1) is 17.8. The highest BCUT2D eigenvalue weighted by Gasteiger charge is 2.45. The Hall–Kier alpha value is -2.27. The number of carbonyl (C=O) groups is 1. The van der Waals surface area contributed by atoms with Crippen LogP contribution in [0.4, 0.5) is 4.39 Å². The highest BCUT2D eigenvalue weighted by Crippen LogP contribution is 2.44. The number of fused-ring (bicyclic) bond motifs is 4. The third kappa shape index (κ3) is 3.12. The number of pyridine rings is 1. The van der Waals surface area contributed by atoms with Gasteiger partial charge in [0.05, 0.1) is 11.8 Å². The Balaban J connectivity index is 1.37. The number of hydrogen-bond donors (Lipinski definition) is 0. The van der Waals surface area contributed by atoms with E-state index in [2.05, 4.69) is 40.2 Å². The van der Waals surface area contributed by atoms with Gasteiger partial charge in [0.1, 0.15) is 0 Å². The number of piperidine rings is 3. The van der Waals surface area contributed by atoms with Crippen LogP contribution in [-0.2, 0) is 0 Å². The number of carbonyl (C=O) groups excluding carboxylic acids is 1. The quantitative estimate of drug-likeness (QED) is 0.794. The number of nitrogens with zero attached hydrogens (tertiary/aromatic N) is 3. The van der Waals surface area contributed by atoms with Crippen molar-refractivity contribution in [3.05, 3.63) is 65.7 Å². The maximum atomic E-state index is 14.1. The van der Waals surface area contributed by atoms with Crippen molar-refractivity contribution < 1.29 is 9.18 Å². The fourth-order valence-corrected chi connectivity index (χ4v) is 5.73. The average Bonchev–Trinajstić information content (AvgIpc) is 2.74. The van der Waals surface area contributed by atoms with E-state index in [-0.39, 0.29) is 11.5 Å². The smallest absolute Gasteiger partial charge is 0.256 e. The lowest BCUT2D eigenvalue weighted by atomic mass is 9.74. The second-order valence-electron chi connectivity index (χ2n) is 8.55. The molecule has 3 aliphatic rings. The van der Waals surface area contributed by atoms with E-state index in [0.717, 1.165) is 25.8 Å². The summed E-state index contributed by atoms with van der Waals surface area (Å²) >= 11 is 0. The van der Waals surface area contributed by atoms with Crippen molar-refractivity contribution in [2.45, 2.75) is 37.8 Å². The van der Waals surface area contributed by atoms with Crippen LogP contribution in [0.5, 0.6) is 0 Å². The zero-order chi connectivity index (χ0) is 19.1. The molecule has 4 heterocycles. The van der Waals surface area contributed by atoms with E-state index >= 15 is 0 Å². The van der Waals surface area contributed by atoms with Crippen LogP contribution in [0.1, 0.15) is 47.6 Å². The van der Waals surface area contributed by atoms with E-state index in [1.807, 2.05) is 4.90 Å². The standard InChI is InChI=1S/C23H26FN3O/c24-20-12-25-10-9-19(20)23(28)26-13-16-11-18(15-26)22-8-4-7-21(27(22)14-16)17-5-2-1-3-6-17/h1-3,5-6,9-10,12,16,18,21-22H,4,7-8,11,13-15H2/t16-,18+,21+,22-/m0/s1. The highest BCUT2D eigenvalue weighted by atomic mass is 19.1. The summed E-state index contributed by atoms with van der Waals surface area (Å²) in [6.07, 6.45) is 7.46. The largest absolute Gasteiger partial charge is 0.338 e. The molecule has 5 rings (SSSR count). The molecule has 3 saturated heterocycles. The summed E-state index contributed by atoms with van der Waals surface area (Å²) in [6, 6.07) is 13.4. The normalized spacial score (nSPS) is 30.0. The Morgan fingerprint density at radius 2 is 1.93 bits per heavy atom. The maximum Gasteiger partial charge on any atom is 0.256 e. The van der Waals surface area contributed by atoms with Crippen LogP contribution in [0.15, 0.2) is 48.8 Å². The second kappa shape index (κ2) is 7.28. The van der Waals surface area contributed by atoms with E-state index in [1.165, 1.54) is 43.5 Å². The molecule has 0 aliphatic carbocycles. The van der Waals surface area contributed by atoms with Gasteiger partial charge in [0, 0.05) is 37.9 Å². The van der Waals surface area contributed by atoms with Crippen LogP contribution >= 0.6 is 0 Å². The van der Waals surface area contributed by atoms with Gasteiger partial charge in [0.2, 0.25) is 0 Å². The Morgan fingerprint density at radius 3 is 2.75 bits per heavy atom. The molecule has 5 heteroatoms. The van der Waals surface area contributed by atoms with Crippen molar-refractivity contribution in [1.82, 2.24) is 14.8 Å². The van der Waals surface area contributed by atoms with E-state index in [1.54, 1.807) is 0 Å². The molecule has 2 aromatic rings. The number of likely N-dealkylation sites (tertiary alicyclic amines) is 1. The maximum absolute atomic E-state index is 14.1. The number of halogens is 1. The molecule has 28 heavy (non-hydrogen) atoms. The molecule has 3 aliphatic heterocycles. The van der Waals surface area contributed by atoms with Gasteiger partial charge >= 0.3 is 0 Å². The SMILES string of the molecule is O=C(c1ccncc1F)N1C[C@@H]2C[C@H](C1)[C@@H]1CCC[C@H](c3ccccc3)N1C2. The minimum atomic E-state index is -0.522. The molecular weight excluding hydrogens is 353 g/mol. The molecule has 1 aromatic heterocycles. The number of amides is 1. The molecule has 0 unspecified atom stereocenters. The van der Waals surface area contributed by atoms with Crippen molar-refractivity contribution in [3.63, 3.8) is 0 Å². The number of benzene rings is 1. The highest BCUT2D eigenvalue weighted by molar-refractivity contribution is 5.94. The van der Waals surface area contributed by atoms with E-state index in [9.17, 15) is 9.18 Å². The molecule has 0 N–H and O–H groups in total. The van der Waals surface area contributed by atoms with E-state index < -0.39 is 5.82 Å². The Labute approximate surface area is 165 Å². The number of hydrogen-bond acceptors (Lipinski definition) is 3. The van der Waals surface area contributed by atoms with Crippen molar-refractivity contribution in [1.29, 1.82) is 0 Å². The third-order valence-electron chi connectivity index (χ3n) is 6.86. The first-order valence-corrected chi connectivity index (χ1v) is 10.4. The number of rotatable bonds is 2. The summed E-state index contributed by atoms with van der Waals surface area (Å²) in [5.74, 6) is 0.242. The molecule has 1 amide bonds. The Kier molecular flexibility index (Phi) is 4.63. The summed E-state index contributed by atoms with van der Waals surface area (Å²) in [5.41, 5.74) is 1.57. The molecule has 2 bridgehead atoms. The predicted molar refractivity (Wildman–Crippen MR) is 105 cm³/mol. The lowest BCUT2D eigenvalue weighted by Crippen LogP contribution is -2.60. The lowest BCUT2D eigenvalue weighted by Gasteiger charge is -2.55. The summed E-state index contributed by atoms with van der Waals surface area (Å²) in [6.45, 7) is 2.49. The van der Waals surface area contributed by atoms with Crippen LogP contribution in [0.3, 0.4) is 0 Å². The van der Waals surface area contributed by atoms with Crippen molar-refractivity contribution in [2.24, 2.45) is 11.8 Å². The molecule has 0 spiro atoms. The van der Waals surface area contributed by atoms with Gasteiger partial charge in [0.15, 0.2) is 5.82 Å². The number of aromatic nitrogens is 1. The minimum Gasteiger partial charge on any atom is -0.338 e. The van der Waals surface area contributed by atoms with Crippen molar-refractivity contribution in [2.75, 3.05) is 19.6 Å². The van der Waals surface area contributed by atoms with Gasteiger partial charge in [-0.25, -0.2) is 4.39 Å². The molecule has 0 saturated carbocycles. The first-order valence-electron chi connectivity index (χ1n) is 10.4. The molecule has 4 nitrogen and oxygen atoms in total. The molecule has 0 radical (unpaired) electrons. The summed E-state index contributed by atoms with van der Waals surface area (Å²) in [5, 5.41) is 0. The Bertz CT molecular complexity index is 858.